The summed E-state index contributed by atoms with van der Waals surface area (Å²) >= 11 is 0. The highest BCUT2D eigenvalue weighted by molar-refractivity contribution is 7.47. The molecule has 0 fully saturated rings. The lowest BCUT2D eigenvalue weighted by atomic mass is 10.0. The molecule has 0 amide bonds. The summed E-state index contributed by atoms with van der Waals surface area (Å²) in [6, 6.07) is 0. The molecule has 0 spiro atoms. The summed E-state index contributed by atoms with van der Waals surface area (Å²) in [6.45, 7) is 4.81. The number of carbonyl (C=O) groups is 1. The number of esters is 1. The van der Waals surface area contributed by atoms with Crippen LogP contribution in [0.3, 0.4) is 0 Å². The predicted octanol–water partition coefficient (Wildman–Crippen LogP) is 12.2. The van der Waals surface area contributed by atoms with Crippen LogP contribution in [0.1, 0.15) is 187 Å². The molecular weight excluding hydrogens is 661 g/mol. The number of rotatable bonds is 40. The Morgan fingerprint density at radius 3 is 1.65 bits per heavy atom. The zero-order valence-electron chi connectivity index (χ0n) is 33.1. The largest absolute Gasteiger partial charge is 0.472 e. The standard InChI is InChI=1S/C42H80NO7P/c1-3-5-7-9-11-13-15-17-19-20-21-22-24-26-28-30-32-34-37-47-39-41(40-49-51(45,46)48-38-36-43)50-42(44)35-33-31-29-27-25-23-18-16-14-12-10-8-6-4-2/h5,7,11,13,17,19,41H,3-4,6,8-10,12,14-16,18,20-40,43H2,1-2H3,(H,45,46)/b7-5-,13-11-,19-17-. The summed E-state index contributed by atoms with van der Waals surface area (Å²) in [6.07, 6.45) is 44.4. The van der Waals surface area contributed by atoms with Gasteiger partial charge in [-0.3, -0.25) is 13.8 Å². The molecule has 8 nitrogen and oxygen atoms in total. The molecule has 0 radical (unpaired) electrons. The van der Waals surface area contributed by atoms with Gasteiger partial charge >= 0.3 is 13.8 Å². The van der Waals surface area contributed by atoms with Gasteiger partial charge in [-0.1, -0.05) is 172 Å². The van der Waals surface area contributed by atoms with Crippen molar-refractivity contribution in [1.82, 2.24) is 0 Å². The minimum Gasteiger partial charge on any atom is -0.457 e. The van der Waals surface area contributed by atoms with E-state index in [1.165, 1.54) is 109 Å². The maximum atomic E-state index is 12.6. The Balaban J connectivity index is 4.03. The normalized spacial score (nSPS) is 13.9. The molecule has 0 aliphatic heterocycles. The fourth-order valence-corrected chi connectivity index (χ4v) is 6.54. The number of nitrogens with two attached hydrogens (primary N) is 1. The molecule has 0 aromatic carbocycles. The number of ether oxygens (including phenoxy) is 2. The Morgan fingerprint density at radius 1 is 0.608 bits per heavy atom. The van der Waals surface area contributed by atoms with Crippen LogP contribution in [-0.2, 0) is 27.9 Å². The topological polar surface area (TPSA) is 117 Å². The van der Waals surface area contributed by atoms with Crippen molar-refractivity contribution in [1.29, 1.82) is 0 Å². The number of allylic oxidation sites excluding steroid dienone is 6. The van der Waals surface area contributed by atoms with Crippen LogP contribution in [0.5, 0.6) is 0 Å². The molecule has 2 unspecified atom stereocenters. The van der Waals surface area contributed by atoms with E-state index < -0.39 is 13.9 Å². The van der Waals surface area contributed by atoms with Crippen molar-refractivity contribution in [3.8, 4) is 0 Å². The van der Waals surface area contributed by atoms with Crippen LogP contribution in [0.15, 0.2) is 36.5 Å². The third kappa shape index (κ3) is 39.8. The molecule has 0 aromatic heterocycles. The molecule has 0 aliphatic carbocycles. The van der Waals surface area contributed by atoms with Crippen molar-refractivity contribution in [3.63, 3.8) is 0 Å². The second-order valence-corrected chi connectivity index (χ2v) is 15.3. The summed E-state index contributed by atoms with van der Waals surface area (Å²) < 4.78 is 33.4. The molecule has 0 aliphatic rings. The quantitative estimate of drug-likeness (QED) is 0.0276. The summed E-state index contributed by atoms with van der Waals surface area (Å²) in [5.41, 5.74) is 5.36. The zero-order chi connectivity index (χ0) is 37.4. The Kier molecular flexibility index (Phi) is 38.9. The third-order valence-electron chi connectivity index (χ3n) is 8.82. The van der Waals surface area contributed by atoms with E-state index in [-0.39, 0.29) is 32.3 Å². The van der Waals surface area contributed by atoms with E-state index >= 15 is 0 Å². The van der Waals surface area contributed by atoms with E-state index in [1.54, 1.807) is 0 Å². The van der Waals surface area contributed by atoms with Crippen molar-refractivity contribution in [3.05, 3.63) is 36.5 Å². The van der Waals surface area contributed by atoms with Crippen molar-refractivity contribution >= 4 is 13.8 Å². The van der Waals surface area contributed by atoms with Gasteiger partial charge in [-0.15, -0.1) is 0 Å². The maximum Gasteiger partial charge on any atom is 0.472 e. The first kappa shape index (κ1) is 49.7. The second kappa shape index (κ2) is 39.9. The number of unbranched alkanes of at least 4 members (excludes halogenated alkanes) is 21. The van der Waals surface area contributed by atoms with Gasteiger partial charge in [0, 0.05) is 19.6 Å². The predicted molar refractivity (Wildman–Crippen MR) is 215 cm³/mol. The van der Waals surface area contributed by atoms with Crippen LogP contribution in [0.4, 0.5) is 0 Å². The van der Waals surface area contributed by atoms with Crippen LogP contribution >= 0.6 is 7.82 Å². The van der Waals surface area contributed by atoms with Crippen molar-refractivity contribution in [2.75, 3.05) is 33.0 Å². The summed E-state index contributed by atoms with van der Waals surface area (Å²) in [4.78, 5) is 22.4. The first-order chi connectivity index (χ1) is 24.9. The van der Waals surface area contributed by atoms with Gasteiger partial charge in [0.1, 0.15) is 6.10 Å². The van der Waals surface area contributed by atoms with Crippen LogP contribution in [0.25, 0.3) is 0 Å². The van der Waals surface area contributed by atoms with Crippen molar-refractivity contribution in [2.24, 2.45) is 5.73 Å². The van der Waals surface area contributed by atoms with Gasteiger partial charge in [0.05, 0.1) is 19.8 Å². The Labute approximate surface area is 314 Å². The Morgan fingerprint density at radius 2 is 1.10 bits per heavy atom. The molecule has 51 heavy (non-hydrogen) atoms. The highest BCUT2D eigenvalue weighted by Gasteiger charge is 2.25. The van der Waals surface area contributed by atoms with Crippen LogP contribution in [0, 0.1) is 0 Å². The number of phosphoric ester groups is 1. The van der Waals surface area contributed by atoms with Crippen molar-refractivity contribution < 1.29 is 32.8 Å². The molecule has 0 saturated carbocycles. The Hall–Kier alpha value is -1.28. The van der Waals surface area contributed by atoms with E-state index in [4.69, 9.17) is 24.3 Å². The number of hydrogen-bond acceptors (Lipinski definition) is 7. The van der Waals surface area contributed by atoms with Gasteiger partial charge in [-0.05, 0) is 44.9 Å². The fraction of sp³-hybridized carbons (Fsp3) is 0.833. The molecule has 300 valence electrons. The van der Waals surface area contributed by atoms with Gasteiger partial charge in [0.25, 0.3) is 0 Å². The van der Waals surface area contributed by atoms with Crippen LogP contribution in [-0.4, -0.2) is 49.9 Å². The minimum atomic E-state index is -4.27. The van der Waals surface area contributed by atoms with E-state index in [0.717, 1.165) is 57.8 Å². The SMILES string of the molecule is CC/C=C\C/C=C\C/C=C\CCCCCCCCCCOCC(COP(=O)(O)OCCN)OC(=O)CCCCCCCCCCCCCCCC. The smallest absolute Gasteiger partial charge is 0.457 e. The summed E-state index contributed by atoms with van der Waals surface area (Å²) in [5, 5.41) is 0. The first-order valence-electron chi connectivity index (χ1n) is 21.0. The average Bonchev–Trinajstić information content (AvgIpc) is 3.12. The summed E-state index contributed by atoms with van der Waals surface area (Å²) in [5.74, 6) is -0.332. The monoisotopic (exact) mass is 742 g/mol. The number of hydrogen-bond donors (Lipinski definition) is 2. The molecular formula is C42H80NO7P. The highest BCUT2D eigenvalue weighted by atomic mass is 31.2. The lowest BCUT2D eigenvalue weighted by Crippen LogP contribution is -2.28. The van der Waals surface area contributed by atoms with E-state index in [9.17, 15) is 14.3 Å². The number of carbonyl (C=O) groups excluding carboxylic acids is 1. The highest BCUT2D eigenvalue weighted by Crippen LogP contribution is 2.43. The van der Waals surface area contributed by atoms with Gasteiger partial charge in [0.2, 0.25) is 0 Å². The zero-order valence-corrected chi connectivity index (χ0v) is 34.0. The van der Waals surface area contributed by atoms with E-state index in [1.807, 2.05) is 0 Å². The average molecular weight is 742 g/mol. The molecule has 0 bridgehead atoms. The van der Waals surface area contributed by atoms with E-state index in [2.05, 4.69) is 50.3 Å². The first-order valence-corrected chi connectivity index (χ1v) is 22.5. The molecule has 2 atom stereocenters. The molecule has 0 heterocycles. The van der Waals surface area contributed by atoms with Crippen LogP contribution in [0.2, 0.25) is 0 Å². The van der Waals surface area contributed by atoms with Gasteiger partial charge in [-0.2, -0.15) is 0 Å². The lowest BCUT2D eigenvalue weighted by Gasteiger charge is -2.20. The molecule has 9 heteroatoms. The molecule has 0 aromatic rings. The van der Waals surface area contributed by atoms with Gasteiger partial charge in [-0.25, -0.2) is 4.57 Å². The van der Waals surface area contributed by atoms with Gasteiger partial charge in [0.15, 0.2) is 0 Å². The van der Waals surface area contributed by atoms with E-state index in [0.29, 0.717) is 13.0 Å². The van der Waals surface area contributed by atoms with Crippen molar-refractivity contribution in [2.45, 2.75) is 193 Å². The molecule has 0 saturated heterocycles. The van der Waals surface area contributed by atoms with Gasteiger partial charge < -0.3 is 20.1 Å². The number of phosphoric acid groups is 1. The Bertz CT molecular complexity index is 879. The third-order valence-corrected chi connectivity index (χ3v) is 9.81. The summed E-state index contributed by atoms with van der Waals surface area (Å²) in [7, 11) is -4.27. The fourth-order valence-electron chi connectivity index (χ4n) is 5.78. The second-order valence-electron chi connectivity index (χ2n) is 13.8. The van der Waals surface area contributed by atoms with Crippen LogP contribution < -0.4 is 5.73 Å². The minimum absolute atomic E-state index is 0.0962. The molecule has 0 rings (SSSR count). The molecule has 3 N–H and O–H groups in total. The lowest BCUT2D eigenvalue weighted by molar-refractivity contribution is -0.154. The maximum absolute atomic E-state index is 12.6.